The van der Waals surface area contributed by atoms with Crippen molar-refractivity contribution >= 4 is 0 Å². The second-order valence-electron chi connectivity index (χ2n) is 3.15. The Balaban J connectivity index is 2.38. The van der Waals surface area contributed by atoms with Crippen molar-refractivity contribution in [3.05, 3.63) is 47.1 Å². The molecule has 0 bridgehead atoms. The molecule has 0 heterocycles. The fourth-order valence-electron chi connectivity index (χ4n) is 1.62. The summed E-state index contributed by atoms with van der Waals surface area (Å²) in [4.78, 5) is 0. The van der Waals surface area contributed by atoms with Crippen LogP contribution >= 0.6 is 0 Å². The van der Waals surface area contributed by atoms with Gasteiger partial charge in [0.2, 0.25) is 0 Å². The Morgan fingerprint density at radius 3 is 3.09 bits per heavy atom. The van der Waals surface area contributed by atoms with E-state index in [2.05, 4.69) is 37.3 Å². The van der Waals surface area contributed by atoms with Crippen LogP contribution in [0.4, 0.5) is 0 Å². The molecule has 0 saturated carbocycles. The van der Waals surface area contributed by atoms with Gasteiger partial charge >= 0.3 is 0 Å². The van der Waals surface area contributed by atoms with Gasteiger partial charge in [0, 0.05) is 0 Å². The highest BCUT2D eigenvalue weighted by molar-refractivity contribution is 5.54. The van der Waals surface area contributed by atoms with E-state index in [-0.39, 0.29) is 0 Å². The quantitative estimate of drug-likeness (QED) is 0.490. The first-order valence-corrected chi connectivity index (χ1v) is 4.12. The Labute approximate surface area is 67.6 Å². The van der Waals surface area contributed by atoms with Crippen LogP contribution in [-0.4, -0.2) is 0 Å². The Bertz CT molecular complexity index is 285. The third-order valence-corrected chi connectivity index (χ3v) is 2.15. The largest absolute Gasteiger partial charge is 0.0842 e. The lowest BCUT2D eigenvalue weighted by molar-refractivity contribution is 1.01. The molecule has 0 atom stereocenters. The molecular weight excluding hydrogens is 132 g/mol. The van der Waals surface area contributed by atoms with Gasteiger partial charge in [0.15, 0.2) is 0 Å². The van der Waals surface area contributed by atoms with Crippen LogP contribution in [0.2, 0.25) is 0 Å². The lowest BCUT2D eigenvalue weighted by Crippen LogP contribution is -1.79. The minimum Gasteiger partial charge on any atom is -0.0842 e. The topological polar surface area (TPSA) is 0 Å². The summed E-state index contributed by atoms with van der Waals surface area (Å²) < 4.78 is 0. The number of hydrogen-bond acceptors (Lipinski definition) is 0. The monoisotopic (exact) mass is 144 g/mol. The number of fused-ring (bicyclic) bond motifs is 1. The normalized spacial score (nSPS) is 21.7. The fraction of sp³-hybridized carbons (Fsp3) is 0.273. The molecule has 0 aromatic rings. The molecule has 0 amide bonds. The van der Waals surface area contributed by atoms with Gasteiger partial charge in [-0.1, -0.05) is 36.0 Å². The van der Waals surface area contributed by atoms with E-state index in [1.807, 2.05) is 0 Å². The summed E-state index contributed by atoms with van der Waals surface area (Å²) in [7, 11) is 0. The average molecular weight is 144 g/mol. The highest BCUT2D eigenvalue weighted by Gasteiger charge is 2.09. The maximum absolute atomic E-state index is 2.29. The van der Waals surface area contributed by atoms with Crippen LogP contribution in [0, 0.1) is 0 Å². The predicted octanol–water partition coefficient (Wildman–Crippen LogP) is 3.15. The minimum atomic E-state index is 1.19. The zero-order valence-electron chi connectivity index (χ0n) is 6.80. The summed E-state index contributed by atoms with van der Waals surface area (Å²) in [5, 5.41) is 0. The van der Waals surface area contributed by atoms with Gasteiger partial charge in [0.1, 0.15) is 0 Å². The highest BCUT2D eigenvalue weighted by Crippen LogP contribution is 2.28. The van der Waals surface area contributed by atoms with Crippen molar-refractivity contribution in [2.75, 3.05) is 0 Å². The first kappa shape index (κ1) is 6.66. The second kappa shape index (κ2) is 2.54. The van der Waals surface area contributed by atoms with E-state index < -0.39 is 0 Å². The van der Waals surface area contributed by atoms with Gasteiger partial charge in [0.25, 0.3) is 0 Å². The van der Waals surface area contributed by atoms with Crippen LogP contribution in [0.5, 0.6) is 0 Å². The molecule has 0 fully saturated rings. The maximum Gasteiger partial charge on any atom is -0.0222 e. The molecule has 0 unspecified atom stereocenters. The van der Waals surface area contributed by atoms with Crippen molar-refractivity contribution < 1.29 is 0 Å². The number of hydrogen-bond donors (Lipinski definition) is 0. The van der Waals surface area contributed by atoms with Crippen molar-refractivity contribution in [3.63, 3.8) is 0 Å². The van der Waals surface area contributed by atoms with Crippen molar-refractivity contribution in [3.8, 4) is 0 Å². The molecule has 2 aliphatic carbocycles. The standard InChI is InChI=1S/C11H12/c1-9-7-10-5-3-2-4-6-11(10)8-9/h2-3,5,7-8H,4,6H2,1H3. The van der Waals surface area contributed by atoms with E-state index in [1.165, 1.54) is 29.6 Å². The third-order valence-electron chi connectivity index (χ3n) is 2.15. The molecule has 0 aromatic heterocycles. The molecule has 0 aromatic carbocycles. The molecule has 56 valence electrons. The Hall–Kier alpha value is -1.04. The SMILES string of the molecule is CC1=CC2=CC=CCCC2=C1. The predicted molar refractivity (Wildman–Crippen MR) is 48.3 cm³/mol. The van der Waals surface area contributed by atoms with E-state index in [0.29, 0.717) is 0 Å². The molecule has 2 aliphatic rings. The Morgan fingerprint density at radius 2 is 2.18 bits per heavy atom. The summed E-state index contributed by atoms with van der Waals surface area (Å²) in [6.07, 6.45) is 13.5. The molecule has 11 heavy (non-hydrogen) atoms. The van der Waals surface area contributed by atoms with Gasteiger partial charge in [-0.15, -0.1) is 0 Å². The van der Waals surface area contributed by atoms with E-state index >= 15 is 0 Å². The van der Waals surface area contributed by atoms with Gasteiger partial charge in [-0.05, 0) is 30.9 Å². The van der Waals surface area contributed by atoms with E-state index in [4.69, 9.17) is 0 Å². The van der Waals surface area contributed by atoms with Crippen molar-refractivity contribution in [1.29, 1.82) is 0 Å². The first-order chi connectivity index (χ1) is 5.36. The maximum atomic E-state index is 2.29. The molecule has 0 aliphatic heterocycles. The van der Waals surface area contributed by atoms with Crippen LogP contribution in [0.1, 0.15) is 19.8 Å². The summed E-state index contributed by atoms with van der Waals surface area (Å²) >= 11 is 0. The summed E-state index contributed by atoms with van der Waals surface area (Å²) in [6, 6.07) is 0. The van der Waals surface area contributed by atoms with Crippen LogP contribution < -0.4 is 0 Å². The zero-order valence-corrected chi connectivity index (χ0v) is 6.80. The van der Waals surface area contributed by atoms with E-state index in [9.17, 15) is 0 Å². The molecule has 0 radical (unpaired) electrons. The Kier molecular flexibility index (Phi) is 1.54. The van der Waals surface area contributed by atoms with E-state index in [1.54, 1.807) is 0 Å². The second-order valence-corrected chi connectivity index (χ2v) is 3.15. The first-order valence-electron chi connectivity index (χ1n) is 4.12. The lowest BCUT2D eigenvalue weighted by Gasteiger charge is -1.97. The van der Waals surface area contributed by atoms with Gasteiger partial charge in [0.05, 0.1) is 0 Å². The van der Waals surface area contributed by atoms with Crippen molar-refractivity contribution in [2.45, 2.75) is 19.8 Å². The van der Waals surface area contributed by atoms with Crippen LogP contribution in [0.25, 0.3) is 0 Å². The summed E-state index contributed by atoms with van der Waals surface area (Å²) in [5.74, 6) is 0. The Morgan fingerprint density at radius 1 is 1.27 bits per heavy atom. The number of rotatable bonds is 0. The molecule has 0 nitrogen and oxygen atoms in total. The summed E-state index contributed by atoms with van der Waals surface area (Å²) in [5.41, 5.74) is 4.31. The van der Waals surface area contributed by atoms with Crippen molar-refractivity contribution in [2.24, 2.45) is 0 Å². The molecule has 0 heteroatoms. The van der Waals surface area contributed by atoms with Crippen molar-refractivity contribution in [1.82, 2.24) is 0 Å². The van der Waals surface area contributed by atoms with E-state index in [0.717, 1.165) is 0 Å². The third kappa shape index (κ3) is 1.21. The highest BCUT2D eigenvalue weighted by atomic mass is 14.1. The average Bonchev–Trinajstić information content (AvgIpc) is 2.17. The zero-order chi connectivity index (χ0) is 7.68. The molecular formula is C11H12. The lowest BCUT2D eigenvalue weighted by atomic mass is 10.1. The smallest absolute Gasteiger partial charge is 0.0222 e. The molecule has 0 saturated heterocycles. The van der Waals surface area contributed by atoms with Gasteiger partial charge in [-0.3, -0.25) is 0 Å². The molecule has 0 spiro atoms. The summed E-state index contributed by atoms with van der Waals surface area (Å²) in [6.45, 7) is 2.16. The van der Waals surface area contributed by atoms with Crippen LogP contribution in [-0.2, 0) is 0 Å². The van der Waals surface area contributed by atoms with Gasteiger partial charge < -0.3 is 0 Å². The minimum absolute atomic E-state index is 1.19. The van der Waals surface area contributed by atoms with Crippen LogP contribution in [0.15, 0.2) is 47.1 Å². The molecule has 2 rings (SSSR count). The van der Waals surface area contributed by atoms with Gasteiger partial charge in [-0.2, -0.15) is 0 Å². The fourth-order valence-corrected chi connectivity index (χ4v) is 1.62. The van der Waals surface area contributed by atoms with Gasteiger partial charge in [-0.25, -0.2) is 0 Å². The van der Waals surface area contributed by atoms with Crippen LogP contribution in [0.3, 0.4) is 0 Å². The number of allylic oxidation sites excluding steroid dienone is 8. The molecule has 0 N–H and O–H groups in total.